The number of aryl methyl sites for hydroxylation is 2. The zero-order valence-corrected chi connectivity index (χ0v) is 16.7. The Morgan fingerprint density at radius 2 is 1.87 bits per heavy atom. The van der Waals surface area contributed by atoms with Crippen LogP contribution in [0.15, 0.2) is 38.6 Å². The SMILES string of the molecule is Cc1cc(C)n(C[C@H]2CCCO2)c(=O)c1C(=O)Nc1ccc2[nH]c(=O)c(=O)[nH]c2c1. The molecule has 1 saturated heterocycles. The second-order valence-electron chi connectivity index (χ2n) is 7.52. The van der Waals surface area contributed by atoms with Crippen LogP contribution in [0.25, 0.3) is 11.0 Å². The molecule has 1 amide bonds. The Hall–Kier alpha value is -3.46. The predicted octanol–water partition coefficient (Wildman–Crippen LogP) is 1.43. The molecule has 0 bridgehead atoms. The van der Waals surface area contributed by atoms with E-state index in [1.165, 1.54) is 6.07 Å². The number of benzene rings is 1. The molecule has 1 aliphatic rings. The van der Waals surface area contributed by atoms with Crippen molar-refractivity contribution < 1.29 is 9.53 Å². The van der Waals surface area contributed by atoms with Crippen molar-refractivity contribution in [3.63, 3.8) is 0 Å². The number of ether oxygens (including phenoxy) is 1. The third kappa shape index (κ3) is 3.71. The van der Waals surface area contributed by atoms with Gasteiger partial charge in [-0.05, 0) is 56.5 Å². The van der Waals surface area contributed by atoms with Gasteiger partial charge in [-0.2, -0.15) is 0 Å². The summed E-state index contributed by atoms with van der Waals surface area (Å²) in [4.78, 5) is 53.9. The molecule has 156 valence electrons. The number of nitrogens with zero attached hydrogens (tertiary/aromatic N) is 1. The summed E-state index contributed by atoms with van der Waals surface area (Å²) in [6.45, 7) is 4.66. The molecule has 1 aliphatic heterocycles. The molecule has 0 unspecified atom stereocenters. The van der Waals surface area contributed by atoms with E-state index in [1.54, 1.807) is 23.6 Å². The number of pyridine rings is 1. The van der Waals surface area contributed by atoms with Crippen molar-refractivity contribution in [1.82, 2.24) is 14.5 Å². The van der Waals surface area contributed by atoms with Crippen LogP contribution in [0.2, 0.25) is 0 Å². The molecule has 1 aromatic carbocycles. The van der Waals surface area contributed by atoms with Crippen molar-refractivity contribution in [3.05, 3.63) is 72.1 Å². The first-order valence-corrected chi connectivity index (χ1v) is 9.74. The molecule has 9 nitrogen and oxygen atoms in total. The molecule has 3 aromatic rings. The summed E-state index contributed by atoms with van der Waals surface area (Å²) in [5.41, 5.74) is 0.720. The Balaban J connectivity index is 1.66. The maximum Gasteiger partial charge on any atom is 0.314 e. The normalized spacial score (nSPS) is 16.1. The minimum absolute atomic E-state index is 0.0283. The molecule has 1 atom stereocenters. The molecule has 0 radical (unpaired) electrons. The first kappa shape index (κ1) is 19.8. The molecule has 1 fully saturated rings. The van der Waals surface area contributed by atoms with Gasteiger partial charge in [0, 0.05) is 18.0 Å². The Kier molecular flexibility index (Phi) is 5.13. The molecule has 9 heteroatoms. The van der Waals surface area contributed by atoms with E-state index < -0.39 is 17.0 Å². The number of rotatable bonds is 4. The first-order valence-electron chi connectivity index (χ1n) is 9.74. The maximum absolute atomic E-state index is 13.1. The number of anilines is 1. The van der Waals surface area contributed by atoms with E-state index in [1.807, 2.05) is 13.0 Å². The highest BCUT2D eigenvalue weighted by Gasteiger charge is 2.22. The summed E-state index contributed by atoms with van der Waals surface area (Å²) < 4.78 is 7.22. The van der Waals surface area contributed by atoms with Gasteiger partial charge in [0.05, 0.1) is 23.7 Å². The van der Waals surface area contributed by atoms with Gasteiger partial charge in [0.15, 0.2) is 0 Å². The third-order valence-electron chi connectivity index (χ3n) is 5.32. The Bertz CT molecular complexity index is 1310. The Morgan fingerprint density at radius 1 is 1.13 bits per heavy atom. The number of H-pyrrole nitrogens is 2. The summed E-state index contributed by atoms with van der Waals surface area (Å²) in [7, 11) is 0. The van der Waals surface area contributed by atoms with E-state index >= 15 is 0 Å². The van der Waals surface area contributed by atoms with E-state index in [0.29, 0.717) is 35.4 Å². The fourth-order valence-corrected chi connectivity index (χ4v) is 3.81. The van der Waals surface area contributed by atoms with Crippen LogP contribution in [0.5, 0.6) is 0 Å². The van der Waals surface area contributed by atoms with Crippen molar-refractivity contribution in [2.75, 3.05) is 11.9 Å². The average Bonchev–Trinajstić information content (AvgIpc) is 3.19. The zero-order chi connectivity index (χ0) is 21.4. The van der Waals surface area contributed by atoms with E-state index in [9.17, 15) is 19.2 Å². The van der Waals surface area contributed by atoms with E-state index in [-0.39, 0.29) is 17.2 Å². The van der Waals surface area contributed by atoms with Gasteiger partial charge < -0.3 is 24.6 Å². The molecule has 3 heterocycles. The molecule has 0 aliphatic carbocycles. The lowest BCUT2D eigenvalue weighted by atomic mass is 10.1. The lowest BCUT2D eigenvalue weighted by molar-refractivity contribution is 0.0947. The lowest BCUT2D eigenvalue weighted by Crippen LogP contribution is -2.34. The van der Waals surface area contributed by atoms with Crippen molar-refractivity contribution >= 4 is 22.6 Å². The second-order valence-corrected chi connectivity index (χ2v) is 7.52. The van der Waals surface area contributed by atoms with Gasteiger partial charge in [-0.3, -0.25) is 19.2 Å². The fraction of sp³-hybridized carbons (Fsp3) is 0.333. The average molecular weight is 410 g/mol. The molecule has 30 heavy (non-hydrogen) atoms. The number of hydrogen-bond acceptors (Lipinski definition) is 5. The molecule has 2 aromatic heterocycles. The first-order chi connectivity index (χ1) is 14.3. The second kappa shape index (κ2) is 7.75. The number of amides is 1. The largest absolute Gasteiger partial charge is 0.376 e. The number of carbonyl (C=O) groups excluding carboxylic acids is 1. The van der Waals surface area contributed by atoms with E-state index in [2.05, 4.69) is 15.3 Å². The summed E-state index contributed by atoms with van der Waals surface area (Å²) in [5, 5.41) is 2.71. The summed E-state index contributed by atoms with van der Waals surface area (Å²) in [5.74, 6) is -0.537. The van der Waals surface area contributed by atoms with Gasteiger partial charge in [-0.15, -0.1) is 0 Å². The summed E-state index contributed by atoms with van der Waals surface area (Å²) in [6, 6.07) is 6.50. The predicted molar refractivity (Wildman–Crippen MR) is 112 cm³/mol. The number of fused-ring (bicyclic) bond motifs is 1. The number of aromatic amines is 2. The van der Waals surface area contributed by atoms with Crippen LogP contribution in [0.4, 0.5) is 5.69 Å². The van der Waals surface area contributed by atoms with Crippen molar-refractivity contribution in [1.29, 1.82) is 0 Å². The van der Waals surface area contributed by atoms with E-state index in [4.69, 9.17) is 4.74 Å². The number of nitrogens with one attached hydrogen (secondary N) is 3. The van der Waals surface area contributed by atoms with Gasteiger partial charge in [-0.1, -0.05) is 0 Å². The minimum atomic E-state index is -0.780. The zero-order valence-electron chi connectivity index (χ0n) is 16.7. The van der Waals surface area contributed by atoms with Crippen LogP contribution in [-0.4, -0.2) is 33.2 Å². The van der Waals surface area contributed by atoms with Crippen LogP contribution in [0.3, 0.4) is 0 Å². The highest BCUT2D eigenvalue weighted by Crippen LogP contribution is 2.17. The standard InChI is InChI=1S/C21H22N4O5/c1-11-8-12(2)25(10-14-4-3-7-30-14)21(29)17(11)18(26)22-13-5-6-15-16(9-13)24-20(28)19(27)23-15/h5-6,8-9,14H,3-4,7,10H2,1-2H3,(H,22,26)(H,23,27)(H,24,28)/t14-/m1/s1. The maximum atomic E-state index is 13.1. The molecular formula is C21H22N4O5. The fourth-order valence-electron chi connectivity index (χ4n) is 3.81. The monoisotopic (exact) mass is 410 g/mol. The smallest absolute Gasteiger partial charge is 0.314 e. The van der Waals surface area contributed by atoms with Gasteiger partial charge in [-0.25, -0.2) is 0 Å². The number of carbonyl (C=O) groups is 1. The lowest BCUT2D eigenvalue weighted by Gasteiger charge is -2.17. The van der Waals surface area contributed by atoms with Crippen LogP contribution >= 0.6 is 0 Å². The molecule has 4 rings (SSSR count). The van der Waals surface area contributed by atoms with Crippen molar-refractivity contribution in [3.8, 4) is 0 Å². The highest BCUT2D eigenvalue weighted by molar-refractivity contribution is 6.05. The molecule has 3 N–H and O–H groups in total. The quantitative estimate of drug-likeness (QED) is 0.561. The molecular weight excluding hydrogens is 388 g/mol. The Morgan fingerprint density at radius 3 is 2.57 bits per heavy atom. The molecule has 0 saturated carbocycles. The van der Waals surface area contributed by atoms with Crippen LogP contribution in [0, 0.1) is 13.8 Å². The topological polar surface area (TPSA) is 126 Å². The molecule has 0 spiro atoms. The van der Waals surface area contributed by atoms with Crippen LogP contribution < -0.4 is 22.0 Å². The van der Waals surface area contributed by atoms with Gasteiger partial charge in [0.2, 0.25) is 0 Å². The van der Waals surface area contributed by atoms with Gasteiger partial charge >= 0.3 is 11.1 Å². The highest BCUT2D eigenvalue weighted by atomic mass is 16.5. The van der Waals surface area contributed by atoms with Gasteiger partial charge in [0.1, 0.15) is 5.56 Å². The summed E-state index contributed by atoms with van der Waals surface area (Å²) in [6.07, 6.45) is 1.82. The van der Waals surface area contributed by atoms with Crippen LogP contribution in [-0.2, 0) is 11.3 Å². The third-order valence-corrected chi connectivity index (χ3v) is 5.32. The Labute approximate surface area is 170 Å². The van der Waals surface area contributed by atoms with Crippen molar-refractivity contribution in [2.45, 2.75) is 39.3 Å². The van der Waals surface area contributed by atoms with Crippen LogP contribution in [0.1, 0.15) is 34.5 Å². The minimum Gasteiger partial charge on any atom is -0.376 e. The number of hydrogen-bond donors (Lipinski definition) is 3. The summed E-state index contributed by atoms with van der Waals surface area (Å²) >= 11 is 0. The van der Waals surface area contributed by atoms with Crippen molar-refractivity contribution in [2.24, 2.45) is 0 Å². The van der Waals surface area contributed by atoms with E-state index in [0.717, 1.165) is 18.5 Å². The number of aromatic nitrogens is 3. The van der Waals surface area contributed by atoms with Gasteiger partial charge in [0.25, 0.3) is 11.5 Å².